The molecule has 1 saturated carbocycles. The number of hydrogen-bond donors (Lipinski definition) is 5. The molecule has 1 aliphatic carbocycles. The van der Waals surface area contributed by atoms with Crippen molar-refractivity contribution in [2.24, 2.45) is 5.92 Å². The number of thiazole rings is 1. The third-order valence-corrected chi connectivity index (χ3v) is 7.40. The maximum Gasteiger partial charge on any atom is 0.229 e. The Kier molecular flexibility index (Phi) is 6.18. The summed E-state index contributed by atoms with van der Waals surface area (Å²) in [5.41, 5.74) is 4.35. The molecule has 9 heteroatoms. The van der Waals surface area contributed by atoms with Crippen molar-refractivity contribution in [3.8, 4) is 10.6 Å². The first kappa shape index (κ1) is 22.7. The van der Waals surface area contributed by atoms with Gasteiger partial charge in [0.1, 0.15) is 16.9 Å². The molecule has 5 rings (SSSR count). The van der Waals surface area contributed by atoms with Crippen LogP contribution in [-0.4, -0.2) is 55.1 Å². The van der Waals surface area contributed by atoms with Crippen LogP contribution in [0.3, 0.4) is 0 Å². The van der Waals surface area contributed by atoms with Gasteiger partial charge in [0.2, 0.25) is 5.95 Å². The summed E-state index contributed by atoms with van der Waals surface area (Å²) in [6.45, 7) is 3.73. The van der Waals surface area contributed by atoms with Crippen molar-refractivity contribution < 1.29 is 15.3 Å². The fourth-order valence-corrected chi connectivity index (χ4v) is 5.49. The number of aliphatic hydroxyl groups excluding tert-OH is 3. The van der Waals surface area contributed by atoms with Gasteiger partial charge in [0, 0.05) is 18.2 Å². The Bertz CT molecular complexity index is 1290. The number of fused-ring (bicyclic) bond motifs is 1. The second-order valence-electron chi connectivity index (χ2n) is 8.69. The number of nitrogens with zero attached hydrogens (tertiary/aromatic N) is 3. The highest BCUT2D eigenvalue weighted by Crippen LogP contribution is 2.38. The van der Waals surface area contributed by atoms with Crippen LogP contribution >= 0.6 is 11.3 Å². The molecule has 2 aromatic carbocycles. The summed E-state index contributed by atoms with van der Waals surface area (Å²) >= 11 is 1.55. The van der Waals surface area contributed by atoms with Crippen LogP contribution < -0.4 is 10.6 Å². The second-order valence-corrected chi connectivity index (χ2v) is 9.72. The predicted molar refractivity (Wildman–Crippen MR) is 134 cm³/mol. The molecule has 2 aromatic heterocycles. The van der Waals surface area contributed by atoms with Crippen LogP contribution in [0.15, 0.2) is 48.5 Å². The smallest absolute Gasteiger partial charge is 0.229 e. The molecule has 4 atom stereocenters. The van der Waals surface area contributed by atoms with Gasteiger partial charge in [-0.05, 0) is 44.0 Å². The largest absolute Gasteiger partial charge is 0.396 e. The standard InChI is InChI=1S/C25H27N5O3S/c1-13-7-3-4-8-16(13)29-25-26-14(2)20(24-28-17-9-5-6-10-19(17)34-24)23(30-25)27-18-11-15(12-31)21(32)22(18)33/h3-10,15,18,21-22,31-33H,11-12H2,1-2H3,(H2,26,27,29,30)/t15-,18-,21-,22+/m1/s1. The lowest BCUT2D eigenvalue weighted by Gasteiger charge is -2.21. The molecule has 1 aliphatic rings. The van der Waals surface area contributed by atoms with Gasteiger partial charge in [-0.15, -0.1) is 11.3 Å². The number of rotatable bonds is 6. The second kappa shape index (κ2) is 9.27. The monoisotopic (exact) mass is 477 g/mol. The minimum atomic E-state index is -1.02. The maximum absolute atomic E-state index is 10.6. The van der Waals surface area contributed by atoms with E-state index >= 15 is 0 Å². The summed E-state index contributed by atoms with van der Waals surface area (Å²) in [6, 6.07) is 15.3. The molecule has 0 saturated heterocycles. The molecule has 2 heterocycles. The highest BCUT2D eigenvalue weighted by Gasteiger charge is 2.41. The number of aryl methyl sites for hydroxylation is 2. The summed E-state index contributed by atoms with van der Waals surface area (Å²) in [6.07, 6.45) is -1.61. The van der Waals surface area contributed by atoms with E-state index < -0.39 is 24.2 Å². The molecular weight excluding hydrogens is 450 g/mol. The molecule has 0 unspecified atom stereocenters. The zero-order valence-corrected chi connectivity index (χ0v) is 19.8. The maximum atomic E-state index is 10.6. The summed E-state index contributed by atoms with van der Waals surface area (Å²) in [7, 11) is 0. The fraction of sp³-hybridized carbons (Fsp3) is 0.320. The molecule has 0 bridgehead atoms. The van der Waals surface area contributed by atoms with Crippen molar-refractivity contribution in [2.45, 2.75) is 38.5 Å². The van der Waals surface area contributed by atoms with Crippen LogP contribution in [0.5, 0.6) is 0 Å². The Hall–Kier alpha value is -3.11. The Morgan fingerprint density at radius 3 is 2.47 bits per heavy atom. The topological polar surface area (TPSA) is 123 Å². The van der Waals surface area contributed by atoms with Crippen LogP contribution in [0.4, 0.5) is 17.5 Å². The van der Waals surface area contributed by atoms with Gasteiger partial charge in [-0.1, -0.05) is 30.3 Å². The Labute approximate surface area is 201 Å². The lowest BCUT2D eigenvalue weighted by molar-refractivity contribution is 0.00446. The van der Waals surface area contributed by atoms with Gasteiger partial charge >= 0.3 is 0 Å². The number of para-hydroxylation sites is 2. The quantitative estimate of drug-likeness (QED) is 0.285. The zero-order chi connectivity index (χ0) is 23.8. The number of nitrogens with one attached hydrogen (secondary N) is 2. The molecule has 8 nitrogen and oxygen atoms in total. The number of aromatic nitrogens is 3. The molecule has 34 heavy (non-hydrogen) atoms. The van der Waals surface area contributed by atoms with E-state index in [9.17, 15) is 15.3 Å². The molecule has 0 aliphatic heterocycles. The van der Waals surface area contributed by atoms with Crippen LogP contribution in [0, 0.1) is 19.8 Å². The summed E-state index contributed by atoms with van der Waals surface area (Å²) in [5.74, 6) is 0.550. The molecule has 0 amide bonds. The summed E-state index contributed by atoms with van der Waals surface area (Å²) < 4.78 is 1.06. The van der Waals surface area contributed by atoms with Crippen molar-refractivity contribution in [3.05, 3.63) is 59.8 Å². The minimum Gasteiger partial charge on any atom is -0.396 e. The van der Waals surface area contributed by atoms with E-state index in [0.29, 0.717) is 18.2 Å². The molecule has 0 radical (unpaired) electrons. The van der Waals surface area contributed by atoms with Crippen molar-refractivity contribution in [1.82, 2.24) is 15.0 Å². The van der Waals surface area contributed by atoms with Gasteiger partial charge in [-0.3, -0.25) is 0 Å². The Balaban J connectivity index is 1.58. The first-order chi connectivity index (χ1) is 16.4. The molecule has 5 N–H and O–H groups in total. The Morgan fingerprint density at radius 1 is 0.971 bits per heavy atom. The van der Waals surface area contributed by atoms with Crippen molar-refractivity contribution in [2.75, 3.05) is 17.2 Å². The molecule has 4 aromatic rings. The average Bonchev–Trinajstić information content (AvgIpc) is 3.36. The van der Waals surface area contributed by atoms with Gasteiger partial charge in [0.15, 0.2) is 0 Å². The van der Waals surface area contributed by atoms with Gasteiger partial charge in [-0.25, -0.2) is 9.97 Å². The normalized spacial score (nSPS) is 22.3. The average molecular weight is 478 g/mol. The number of anilines is 3. The van der Waals surface area contributed by atoms with Crippen LogP contribution in [0.25, 0.3) is 20.8 Å². The lowest BCUT2D eigenvalue weighted by Crippen LogP contribution is -2.35. The van der Waals surface area contributed by atoms with Gasteiger partial charge in [-0.2, -0.15) is 4.98 Å². The third kappa shape index (κ3) is 4.23. The van der Waals surface area contributed by atoms with Gasteiger partial charge in [0.05, 0.1) is 33.6 Å². The van der Waals surface area contributed by atoms with Crippen molar-refractivity contribution >= 4 is 39.0 Å². The first-order valence-corrected chi connectivity index (χ1v) is 12.1. The minimum absolute atomic E-state index is 0.190. The molecule has 176 valence electrons. The highest BCUT2D eigenvalue weighted by atomic mass is 32.1. The number of benzene rings is 2. The van der Waals surface area contributed by atoms with Crippen molar-refractivity contribution in [3.63, 3.8) is 0 Å². The van der Waals surface area contributed by atoms with E-state index in [-0.39, 0.29) is 6.61 Å². The van der Waals surface area contributed by atoms with E-state index in [0.717, 1.165) is 37.7 Å². The zero-order valence-electron chi connectivity index (χ0n) is 18.9. The van der Waals surface area contributed by atoms with Crippen molar-refractivity contribution in [1.29, 1.82) is 0 Å². The van der Waals surface area contributed by atoms with Gasteiger partial charge in [0.25, 0.3) is 0 Å². The Morgan fingerprint density at radius 2 is 1.74 bits per heavy atom. The van der Waals surface area contributed by atoms with E-state index in [2.05, 4.69) is 10.6 Å². The molecule has 1 fully saturated rings. The van der Waals surface area contributed by atoms with Crippen LogP contribution in [0.2, 0.25) is 0 Å². The third-order valence-electron chi connectivity index (χ3n) is 6.35. The first-order valence-electron chi connectivity index (χ1n) is 11.3. The SMILES string of the molecule is Cc1ccccc1Nc1nc(C)c(-c2nc3ccccc3s2)c(N[C@@H]2C[C@H](CO)[C@@H](O)[C@H]2O)n1. The van der Waals surface area contributed by atoms with Crippen LogP contribution in [0.1, 0.15) is 17.7 Å². The molecule has 0 spiro atoms. The number of aliphatic hydroxyl groups is 3. The highest BCUT2D eigenvalue weighted by molar-refractivity contribution is 7.21. The van der Waals surface area contributed by atoms with Gasteiger partial charge < -0.3 is 26.0 Å². The fourth-order valence-electron chi connectivity index (χ4n) is 4.43. The number of hydrogen-bond acceptors (Lipinski definition) is 9. The van der Waals surface area contributed by atoms with Crippen LogP contribution in [-0.2, 0) is 0 Å². The summed E-state index contributed by atoms with van der Waals surface area (Å²) in [4.78, 5) is 14.3. The molecular formula is C25H27N5O3S. The van der Waals surface area contributed by atoms with E-state index in [1.807, 2.05) is 62.4 Å². The van der Waals surface area contributed by atoms with E-state index in [1.54, 1.807) is 11.3 Å². The predicted octanol–water partition coefficient (Wildman–Crippen LogP) is 3.63. The van der Waals surface area contributed by atoms with E-state index in [4.69, 9.17) is 15.0 Å². The lowest BCUT2D eigenvalue weighted by atomic mass is 10.1. The van der Waals surface area contributed by atoms with E-state index in [1.165, 1.54) is 0 Å². The summed E-state index contributed by atoms with van der Waals surface area (Å²) in [5, 5.41) is 37.9.